The predicted octanol–water partition coefficient (Wildman–Crippen LogP) is 5.90. The third-order valence-electron chi connectivity index (χ3n) is 4.70. The molecule has 0 saturated heterocycles. The molecule has 5 nitrogen and oxygen atoms in total. The number of carbonyl (C=O) groups excluding carboxylic acids is 1. The van der Waals surface area contributed by atoms with Crippen molar-refractivity contribution in [2.75, 3.05) is 11.6 Å². The van der Waals surface area contributed by atoms with Gasteiger partial charge in [-0.05, 0) is 35.9 Å². The van der Waals surface area contributed by atoms with Crippen LogP contribution in [-0.4, -0.2) is 22.1 Å². The molecule has 0 aliphatic rings. The zero-order chi connectivity index (χ0) is 21.2. The third kappa shape index (κ3) is 6.40. The van der Waals surface area contributed by atoms with Crippen LogP contribution < -0.4 is 5.32 Å². The van der Waals surface area contributed by atoms with Crippen LogP contribution in [0.4, 0.5) is 5.69 Å². The molecule has 1 atom stereocenters. The van der Waals surface area contributed by atoms with Crippen LogP contribution in [0.25, 0.3) is 0 Å². The first kappa shape index (κ1) is 22.0. The molecule has 1 heterocycles. The fourth-order valence-corrected chi connectivity index (χ4v) is 3.40. The summed E-state index contributed by atoms with van der Waals surface area (Å²) in [5.41, 5.74) is 3.36. The number of hydrogen-bond acceptors (Lipinski definition) is 5. The van der Waals surface area contributed by atoms with E-state index >= 15 is 0 Å². The Morgan fingerprint density at radius 2 is 1.87 bits per heavy atom. The molecule has 0 saturated carbocycles. The number of rotatable bonds is 10. The molecule has 0 fully saturated rings. The molecule has 1 aromatic heterocycles. The Morgan fingerprint density at radius 1 is 1.10 bits per heavy atom. The monoisotopic (exact) mass is 421 g/mol. The molecule has 3 aromatic rings. The molecule has 1 unspecified atom stereocenters. The molecule has 6 heteroatoms. The number of benzene rings is 2. The Balaban J connectivity index is 1.63. The number of ether oxygens (including phenoxy) is 1. The van der Waals surface area contributed by atoms with Crippen molar-refractivity contribution in [1.82, 2.24) is 9.97 Å². The fourth-order valence-electron chi connectivity index (χ4n) is 3.08. The van der Waals surface area contributed by atoms with E-state index in [1.165, 1.54) is 17.3 Å². The van der Waals surface area contributed by atoms with Crippen LogP contribution in [-0.2, 0) is 11.3 Å². The second-order valence-corrected chi connectivity index (χ2v) is 7.74. The maximum Gasteiger partial charge on any atom is 0.258 e. The van der Waals surface area contributed by atoms with E-state index in [0.717, 1.165) is 30.5 Å². The van der Waals surface area contributed by atoms with Crippen molar-refractivity contribution in [3.05, 3.63) is 83.7 Å². The lowest BCUT2D eigenvalue weighted by Crippen LogP contribution is -2.13. The van der Waals surface area contributed by atoms with E-state index in [1.54, 1.807) is 12.4 Å². The Kier molecular flexibility index (Phi) is 8.41. The van der Waals surface area contributed by atoms with Gasteiger partial charge in [-0.1, -0.05) is 74.0 Å². The second-order valence-electron chi connectivity index (χ2n) is 6.97. The summed E-state index contributed by atoms with van der Waals surface area (Å²) < 4.78 is 6.25. The minimum atomic E-state index is -0.231. The largest absolute Gasteiger partial charge is 0.369 e. The number of anilines is 1. The van der Waals surface area contributed by atoms with Crippen molar-refractivity contribution < 1.29 is 9.53 Å². The van der Waals surface area contributed by atoms with Crippen molar-refractivity contribution in [3.8, 4) is 0 Å². The van der Waals surface area contributed by atoms with Gasteiger partial charge in [0.25, 0.3) is 5.91 Å². The molecular formula is C24H27N3O2S. The number of thioether (sulfide) groups is 1. The molecule has 0 aliphatic heterocycles. The summed E-state index contributed by atoms with van der Waals surface area (Å²) >= 11 is 1.44. The highest BCUT2D eigenvalue weighted by molar-refractivity contribution is 7.98. The first-order valence-electron chi connectivity index (χ1n) is 10.1. The van der Waals surface area contributed by atoms with E-state index in [1.807, 2.05) is 48.7 Å². The number of nitrogens with zero attached hydrogens (tertiary/aromatic N) is 2. The van der Waals surface area contributed by atoms with E-state index in [9.17, 15) is 4.79 Å². The van der Waals surface area contributed by atoms with E-state index in [2.05, 4.69) is 34.3 Å². The van der Waals surface area contributed by atoms with Gasteiger partial charge < -0.3 is 10.1 Å². The molecule has 0 bridgehead atoms. The first-order chi connectivity index (χ1) is 14.7. The van der Waals surface area contributed by atoms with Crippen LogP contribution in [0.3, 0.4) is 0 Å². The maximum atomic E-state index is 12.5. The Labute approximate surface area is 182 Å². The van der Waals surface area contributed by atoms with E-state index in [0.29, 0.717) is 17.3 Å². The van der Waals surface area contributed by atoms with Gasteiger partial charge in [0, 0.05) is 18.1 Å². The minimum Gasteiger partial charge on any atom is -0.369 e. The Morgan fingerprint density at radius 3 is 2.57 bits per heavy atom. The molecule has 1 amide bonds. The molecule has 0 spiro atoms. The number of aromatic nitrogens is 2. The molecule has 2 aromatic carbocycles. The lowest BCUT2D eigenvalue weighted by atomic mass is 10.0. The number of unbranched alkanes of at least 4 members (excludes halogenated alkanes) is 1. The number of carbonyl (C=O) groups is 1. The molecule has 1 N–H and O–H groups in total. The van der Waals surface area contributed by atoms with Crippen LogP contribution in [0, 0.1) is 0 Å². The smallest absolute Gasteiger partial charge is 0.258 e. The summed E-state index contributed by atoms with van der Waals surface area (Å²) in [6, 6.07) is 18.1. The summed E-state index contributed by atoms with van der Waals surface area (Å²) in [6.45, 7) is 2.67. The van der Waals surface area contributed by atoms with Gasteiger partial charge in [-0.3, -0.25) is 4.79 Å². The van der Waals surface area contributed by atoms with Crippen LogP contribution in [0.1, 0.15) is 53.8 Å². The van der Waals surface area contributed by atoms with E-state index in [4.69, 9.17) is 4.74 Å². The Hall–Kier alpha value is -2.70. The zero-order valence-electron chi connectivity index (χ0n) is 17.4. The topological polar surface area (TPSA) is 64.1 Å². The van der Waals surface area contributed by atoms with Crippen LogP contribution in [0.15, 0.2) is 72.1 Å². The highest BCUT2D eigenvalue weighted by Crippen LogP contribution is 2.25. The quantitative estimate of drug-likeness (QED) is 0.326. The maximum absolute atomic E-state index is 12.5. The van der Waals surface area contributed by atoms with Crippen LogP contribution in [0.5, 0.6) is 0 Å². The number of nitrogens with one attached hydrogen (secondary N) is 1. The van der Waals surface area contributed by atoms with Gasteiger partial charge in [0.1, 0.15) is 0 Å². The van der Waals surface area contributed by atoms with Crippen LogP contribution >= 0.6 is 11.8 Å². The van der Waals surface area contributed by atoms with E-state index in [-0.39, 0.29) is 12.0 Å². The standard InChI is InChI=1S/C24H27N3O2S/c1-3-4-13-22(19-10-6-5-7-11-19)29-17-18-9-8-12-21(14-18)27-23(28)20-15-25-24(30-2)26-16-20/h5-12,14-16,22H,3-4,13,17H2,1-2H3,(H,27,28). The third-order valence-corrected chi connectivity index (χ3v) is 5.28. The normalized spacial score (nSPS) is 11.8. The van der Waals surface area contributed by atoms with Crippen molar-refractivity contribution in [3.63, 3.8) is 0 Å². The SMILES string of the molecule is CCCCC(OCc1cccc(NC(=O)c2cnc(SC)nc2)c1)c1ccccc1. The highest BCUT2D eigenvalue weighted by atomic mass is 32.2. The van der Waals surface area contributed by atoms with Crippen molar-refractivity contribution in [2.24, 2.45) is 0 Å². The van der Waals surface area contributed by atoms with Crippen molar-refractivity contribution in [1.29, 1.82) is 0 Å². The Bertz CT molecular complexity index is 933. The van der Waals surface area contributed by atoms with Gasteiger partial charge in [-0.2, -0.15) is 0 Å². The molecule has 30 heavy (non-hydrogen) atoms. The van der Waals surface area contributed by atoms with Crippen LogP contribution in [0.2, 0.25) is 0 Å². The zero-order valence-corrected chi connectivity index (χ0v) is 18.2. The summed E-state index contributed by atoms with van der Waals surface area (Å²) in [4.78, 5) is 20.8. The summed E-state index contributed by atoms with van der Waals surface area (Å²) in [6.07, 6.45) is 8.29. The average molecular weight is 422 g/mol. The second kappa shape index (κ2) is 11.5. The van der Waals surface area contributed by atoms with Gasteiger partial charge in [0.05, 0.1) is 18.3 Å². The van der Waals surface area contributed by atoms with Gasteiger partial charge in [0.15, 0.2) is 5.16 Å². The van der Waals surface area contributed by atoms with Gasteiger partial charge in [0.2, 0.25) is 0 Å². The molecule has 0 aliphatic carbocycles. The predicted molar refractivity (Wildman–Crippen MR) is 122 cm³/mol. The van der Waals surface area contributed by atoms with Gasteiger partial charge in [-0.25, -0.2) is 9.97 Å². The van der Waals surface area contributed by atoms with E-state index < -0.39 is 0 Å². The molecular weight excluding hydrogens is 394 g/mol. The lowest BCUT2D eigenvalue weighted by Gasteiger charge is -2.18. The van der Waals surface area contributed by atoms with Gasteiger partial charge >= 0.3 is 0 Å². The number of hydrogen-bond donors (Lipinski definition) is 1. The molecule has 156 valence electrons. The summed E-state index contributed by atoms with van der Waals surface area (Å²) in [7, 11) is 0. The van der Waals surface area contributed by atoms with Crippen molar-refractivity contribution in [2.45, 2.75) is 44.1 Å². The highest BCUT2D eigenvalue weighted by Gasteiger charge is 2.12. The lowest BCUT2D eigenvalue weighted by molar-refractivity contribution is 0.0324. The summed E-state index contributed by atoms with van der Waals surface area (Å²) in [5.74, 6) is -0.231. The number of amides is 1. The first-order valence-corrected chi connectivity index (χ1v) is 11.3. The minimum absolute atomic E-state index is 0.0662. The van der Waals surface area contributed by atoms with Crippen molar-refractivity contribution >= 4 is 23.4 Å². The summed E-state index contributed by atoms with van der Waals surface area (Å²) in [5, 5.41) is 3.55. The fraction of sp³-hybridized carbons (Fsp3) is 0.292. The molecule has 0 radical (unpaired) electrons. The van der Waals surface area contributed by atoms with Gasteiger partial charge in [-0.15, -0.1) is 0 Å². The average Bonchev–Trinajstić information content (AvgIpc) is 2.80. The molecule has 3 rings (SSSR count).